The molecule has 5 nitrogen and oxygen atoms in total. The number of carbonyl (C=O) groups excluding carboxylic acids is 1. The fourth-order valence-corrected chi connectivity index (χ4v) is 3.87. The van der Waals surface area contributed by atoms with Crippen LogP contribution in [0.4, 0.5) is 8.78 Å². The maximum atomic E-state index is 14.3. The van der Waals surface area contributed by atoms with Crippen molar-refractivity contribution < 1.29 is 27.4 Å². The smallest absolute Gasteiger partial charge is 0.385 e. The first kappa shape index (κ1) is 22.1. The van der Waals surface area contributed by atoms with Crippen LogP contribution in [-0.2, 0) is 20.5 Å². The maximum Gasteiger partial charge on any atom is 0.385 e. The molecule has 2 aromatic rings. The Balaban J connectivity index is 2.33. The Kier molecular flexibility index (Phi) is 7.33. The van der Waals surface area contributed by atoms with E-state index in [2.05, 4.69) is 5.09 Å². The fraction of sp³-hybridized carbons (Fsp3) is 0.350. The molecular formula is C20H24F2NO4P. The van der Waals surface area contributed by atoms with Crippen LogP contribution in [-0.4, -0.2) is 23.8 Å². The van der Waals surface area contributed by atoms with Crippen LogP contribution in [0.5, 0.6) is 5.75 Å². The molecule has 152 valence electrons. The molecule has 0 aliphatic carbocycles. The van der Waals surface area contributed by atoms with E-state index in [0.717, 1.165) is 0 Å². The largest absolute Gasteiger partial charge is 0.462 e. The normalized spacial score (nSPS) is 14.9. The monoisotopic (exact) mass is 411 g/mol. The van der Waals surface area contributed by atoms with Crippen LogP contribution in [0.15, 0.2) is 60.7 Å². The summed E-state index contributed by atoms with van der Waals surface area (Å²) >= 11 is 0. The van der Waals surface area contributed by atoms with Crippen molar-refractivity contribution >= 4 is 13.5 Å². The summed E-state index contributed by atoms with van der Waals surface area (Å²) in [6, 6.07) is 15.2. The molecule has 1 N–H and O–H groups in total. The molecule has 0 amide bonds. The summed E-state index contributed by atoms with van der Waals surface area (Å²) < 4.78 is 52.0. The second-order valence-electron chi connectivity index (χ2n) is 6.65. The highest BCUT2D eigenvalue weighted by Crippen LogP contribution is 2.57. The topological polar surface area (TPSA) is 64.6 Å². The Labute approximate surface area is 163 Å². The Morgan fingerprint density at radius 3 is 2.11 bits per heavy atom. The summed E-state index contributed by atoms with van der Waals surface area (Å²) in [6.45, 7) is 3.79. The van der Waals surface area contributed by atoms with Crippen molar-refractivity contribution in [2.24, 2.45) is 0 Å². The van der Waals surface area contributed by atoms with Crippen LogP contribution < -0.4 is 9.61 Å². The molecule has 0 fully saturated rings. The van der Waals surface area contributed by atoms with Crippen LogP contribution >= 0.6 is 7.52 Å². The van der Waals surface area contributed by atoms with Gasteiger partial charge in [-0.2, -0.15) is 8.78 Å². The first-order chi connectivity index (χ1) is 13.1. The molecule has 0 aliphatic rings. The molecule has 0 aromatic heterocycles. The highest BCUT2D eigenvalue weighted by atomic mass is 31.2. The van der Waals surface area contributed by atoms with Crippen LogP contribution in [0.1, 0.15) is 26.3 Å². The highest BCUT2D eigenvalue weighted by Gasteiger charge is 2.51. The fourth-order valence-electron chi connectivity index (χ4n) is 2.40. The van der Waals surface area contributed by atoms with Gasteiger partial charge in [0.1, 0.15) is 11.8 Å². The lowest BCUT2D eigenvalue weighted by molar-refractivity contribution is -0.149. The molecule has 2 rings (SSSR count). The van der Waals surface area contributed by atoms with Gasteiger partial charge in [0.05, 0.1) is 6.10 Å². The molecule has 0 radical (unpaired) electrons. The summed E-state index contributed by atoms with van der Waals surface area (Å²) in [7, 11) is -4.80. The van der Waals surface area contributed by atoms with Crippen LogP contribution in [0, 0.1) is 0 Å². The molecule has 0 saturated heterocycles. The van der Waals surface area contributed by atoms with Gasteiger partial charge < -0.3 is 9.26 Å². The van der Waals surface area contributed by atoms with E-state index in [1.54, 1.807) is 62.4 Å². The molecule has 8 heteroatoms. The lowest BCUT2D eigenvalue weighted by atomic mass is 10.1. The predicted octanol–water partition coefficient (Wildman–Crippen LogP) is 5.02. The zero-order valence-corrected chi connectivity index (χ0v) is 16.9. The van der Waals surface area contributed by atoms with E-state index in [1.807, 2.05) is 0 Å². The average Bonchev–Trinajstić information content (AvgIpc) is 2.61. The number of ether oxygens (including phenoxy) is 1. The van der Waals surface area contributed by atoms with Gasteiger partial charge in [0.25, 0.3) is 0 Å². The van der Waals surface area contributed by atoms with Gasteiger partial charge in [-0.15, -0.1) is 0 Å². The van der Waals surface area contributed by atoms with E-state index in [9.17, 15) is 18.1 Å². The first-order valence-corrected chi connectivity index (χ1v) is 10.5. The SMILES string of the molecule is CC(C)OC(=O)[C@H](Cc1ccccc1)NP(=O)(Oc1ccccc1)C(C)(F)F. The maximum absolute atomic E-state index is 14.3. The second-order valence-corrected chi connectivity index (χ2v) is 8.98. The number of hydrogen-bond donors (Lipinski definition) is 1. The van der Waals surface area contributed by atoms with Crippen molar-refractivity contribution in [3.05, 3.63) is 66.2 Å². The zero-order valence-electron chi connectivity index (χ0n) is 16.0. The van der Waals surface area contributed by atoms with E-state index in [1.165, 1.54) is 12.1 Å². The summed E-state index contributed by atoms with van der Waals surface area (Å²) in [5, 5.41) is 2.28. The summed E-state index contributed by atoms with van der Waals surface area (Å²) in [5.74, 6) is -0.768. The number of esters is 1. The van der Waals surface area contributed by atoms with Crippen LogP contribution in [0.2, 0.25) is 0 Å². The van der Waals surface area contributed by atoms with Crippen molar-refractivity contribution in [2.45, 2.75) is 45.0 Å². The minimum atomic E-state index is -4.80. The Morgan fingerprint density at radius 2 is 1.61 bits per heavy atom. The van der Waals surface area contributed by atoms with E-state index < -0.39 is 31.3 Å². The van der Waals surface area contributed by atoms with Gasteiger partial charge in [0.2, 0.25) is 0 Å². The molecule has 1 unspecified atom stereocenters. The second kappa shape index (κ2) is 9.30. The number of benzene rings is 2. The molecule has 2 atom stereocenters. The Bertz CT molecular complexity index is 810. The average molecular weight is 411 g/mol. The van der Waals surface area contributed by atoms with E-state index in [4.69, 9.17) is 9.26 Å². The molecular weight excluding hydrogens is 387 g/mol. The third-order valence-corrected chi connectivity index (χ3v) is 5.89. The number of halogens is 2. The van der Waals surface area contributed by atoms with E-state index >= 15 is 0 Å². The molecule has 0 saturated carbocycles. The highest BCUT2D eigenvalue weighted by molar-refractivity contribution is 7.58. The third kappa shape index (κ3) is 6.14. The number of alkyl halides is 2. The minimum Gasteiger partial charge on any atom is -0.462 e. The van der Waals surface area contributed by atoms with Crippen molar-refractivity contribution in [1.82, 2.24) is 5.09 Å². The Morgan fingerprint density at radius 1 is 1.07 bits per heavy atom. The van der Waals surface area contributed by atoms with Gasteiger partial charge in [-0.1, -0.05) is 48.5 Å². The molecule has 0 spiro atoms. The van der Waals surface area contributed by atoms with Crippen LogP contribution in [0.25, 0.3) is 0 Å². The zero-order chi connectivity index (χ0) is 20.8. The molecule has 0 aliphatic heterocycles. The van der Waals surface area contributed by atoms with Crippen LogP contribution in [0.3, 0.4) is 0 Å². The first-order valence-electron chi connectivity index (χ1n) is 8.85. The quantitative estimate of drug-likeness (QED) is 0.464. The number of para-hydroxylation sites is 1. The van der Waals surface area contributed by atoms with E-state index in [-0.39, 0.29) is 12.2 Å². The Hall–Kier alpha value is -2.24. The lowest BCUT2D eigenvalue weighted by Crippen LogP contribution is -2.42. The number of rotatable bonds is 9. The van der Waals surface area contributed by atoms with Gasteiger partial charge in [0.15, 0.2) is 0 Å². The molecule has 0 bridgehead atoms. The summed E-state index contributed by atoms with van der Waals surface area (Å²) in [6.07, 6.45) is -0.436. The van der Waals surface area contributed by atoms with Gasteiger partial charge in [-0.05, 0) is 38.0 Å². The van der Waals surface area contributed by atoms with Gasteiger partial charge in [0, 0.05) is 6.92 Å². The van der Waals surface area contributed by atoms with Gasteiger partial charge in [-0.3, -0.25) is 9.36 Å². The minimum absolute atomic E-state index is 0.00977. The van der Waals surface area contributed by atoms with Crippen molar-refractivity contribution in [3.8, 4) is 5.75 Å². The van der Waals surface area contributed by atoms with E-state index in [0.29, 0.717) is 12.5 Å². The van der Waals surface area contributed by atoms with Crippen molar-refractivity contribution in [2.75, 3.05) is 0 Å². The van der Waals surface area contributed by atoms with Gasteiger partial charge in [-0.25, -0.2) is 5.09 Å². The summed E-state index contributed by atoms with van der Waals surface area (Å²) in [5.41, 5.74) is -3.03. The predicted molar refractivity (Wildman–Crippen MR) is 104 cm³/mol. The summed E-state index contributed by atoms with van der Waals surface area (Å²) in [4.78, 5) is 12.5. The third-order valence-electron chi connectivity index (χ3n) is 3.74. The number of nitrogens with one attached hydrogen (secondary N) is 1. The van der Waals surface area contributed by atoms with Gasteiger partial charge >= 0.3 is 19.2 Å². The standard InChI is InChI=1S/C20H24F2NO4P/c1-15(2)26-19(24)18(14-16-10-6-4-7-11-16)23-28(25,20(3,21)22)27-17-12-8-5-9-13-17/h4-13,15,18H,14H2,1-3H3,(H,23,25)/t18-,28?/m0/s1. The van der Waals surface area contributed by atoms with Crippen molar-refractivity contribution in [3.63, 3.8) is 0 Å². The molecule has 28 heavy (non-hydrogen) atoms. The van der Waals surface area contributed by atoms with Crippen molar-refractivity contribution in [1.29, 1.82) is 0 Å². The molecule has 2 aromatic carbocycles. The number of hydrogen-bond acceptors (Lipinski definition) is 4. The number of carbonyl (C=O) groups is 1. The molecule has 0 heterocycles. The lowest BCUT2D eigenvalue weighted by Gasteiger charge is -2.29.